The predicted octanol–water partition coefficient (Wildman–Crippen LogP) is 4.13. The monoisotopic (exact) mass is 453 g/mol. The minimum Gasteiger partial charge on any atom is -0.484 e. The number of carbonyl (C=O) groups is 1. The Morgan fingerprint density at radius 2 is 1.97 bits per heavy atom. The average Bonchev–Trinajstić information content (AvgIpc) is 3.19. The molecule has 11 heteroatoms. The molecule has 0 saturated heterocycles. The van der Waals surface area contributed by atoms with E-state index in [1.807, 2.05) is 6.07 Å². The van der Waals surface area contributed by atoms with E-state index in [9.17, 15) is 22.4 Å². The van der Waals surface area contributed by atoms with Gasteiger partial charge in [-0.1, -0.05) is 23.9 Å². The molecule has 32 heavy (non-hydrogen) atoms. The highest BCUT2D eigenvalue weighted by Gasteiger charge is 2.28. The molecule has 0 aliphatic carbocycles. The number of amides is 2. The fraction of sp³-hybridized carbons (Fsp3) is 0.381. The van der Waals surface area contributed by atoms with Crippen LogP contribution in [-0.2, 0) is 19.4 Å². The maximum absolute atomic E-state index is 13.6. The number of halogens is 4. The van der Waals surface area contributed by atoms with Crippen molar-refractivity contribution >= 4 is 6.03 Å². The normalized spacial score (nSPS) is 14.4. The number of alkyl halides is 3. The van der Waals surface area contributed by atoms with E-state index in [2.05, 4.69) is 22.2 Å². The maximum atomic E-state index is 13.6. The van der Waals surface area contributed by atoms with Crippen LogP contribution in [0, 0.1) is 0 Å². The molecule has 1 aromatic heterocycles. The van der Waals surface area contributed by atoms with Crippen LogP contribution in [0.5, 0.6) is 5.75 Å². The summed E-state index contributed by atoms with van der Waals surface area (Å²) in [7, 11) is 0. The molecule has 0 radical (unpaired) electrons. The van der Waals surface area contributed by atoms with Gasteiger partial charge in [-0.2, -0.15) is 13.2 Å². The summed E-state index contributed by atoms with van der Waals surface area (Å²) in [5, 5.41) is 10.3. The zero-order chi connectivity index (χ0) is 23.1. The van der Waals surface area contributed by atoms with Crippen molar-refractivity contribution in [2.75, 3.05) is 13.2 Å². The van der Waals surface area contributed by atoms with Gasteiger partial charge in [0.05, 0.1) is 17.6 Å². The number of nitrogens with zero attached hydrogens (tertiary/aromatic N) is 4. The predicted molar refractivity (Wildman–Crippen MR) is 108 cm³/mol. The van der Waals surface area contributed by atoms with Gasteiger partial charge in [0.2, 0.25) is 0 Å². The lowest BCUT2D eigenvalue weighted by Crippen LogP contribution is -2.40. The van der Waals surface area contributed by atoms with Gasteiger partial charge >= 0.3 is 12.2 Å². The first-order valence-corrected chi connectivity index (χ1v) is 10.0. The van der Waals surface area contributed by atoms with Crippen LogP contribution in [0.2, 0.25) is 0 Å². The Kier molecular flexibility index (Phi) is 7.49. The van der Waals surface area contributed by atoms with Gasteiger partial charge in [-0.15, -0.1) is 5.10 Å². The highest BCUT2D eigenvalue weighted by atomic mass is 19.4. The lowest BCUT2D eigenvalue weighted by molar-refractivity contribution is -0.153. The molecule has 7 nitrogen and oxygen atoms in total. The van der Waals surface area contributed by atoms with Crippen LogP contribution in [-0.4, -0.2) is 45.3 Å². The Balaban J connectivity index is 1.46. The lowest BCUT2D eigenvalue weighted by atomic mass is 10.1. The van der Waals surface area contributed by atoms with E-state index >= 15 is 0 Å². The van der Waals surface area contributed by atoms with Crippen LogP contribution in [0.3, 0.4) is 0 Å². The summed E-state index contributed by atoms with van der Waals surface area (Å²) < 4.78 is 57.0. The largest absolute Gasteiger partial charge is 0.484 e. The van der Waals surface area contributed by atoms with Crippen molar-refractivity contribution in [2.45, 2.75) is 38.4 Å². The Hall–Kier alpha value is -3.37. The summed E-state index contributed by atoms with van der Waals surface area (Å²) in [5.41, 5.74) is 1.67. The minimum absolute atomic E-state index is 0.0429. The van der Waals surface area contributed by atoms with E-state index in [0.717, 1.165) is 23.9 Å². The van der Waals surface area contributed by atoms with Crippen LogP contribution >= 0.6 is 0 Å². The van der Waals surface area contributed by atoms with Gasteiger partial charge in [-0.05, 0) is 43.4 Å². The smallest absolute Gasteiger partial charge is 0.422 e. The van der Waals surface area contributed by atoms with Crippen LogP contribution in [0.1, 0.15) is 24.1 Å². The summed E-state index contributed by atoms with van der Waals surface area (Å²) >= 11 is 0. The first-order chi connectivity index (χ1) is 15.2. The third-order valence-corrected chi connectivity index (χ3v) is 4.77. The number of hydrogen-bond donors (Lipinski definition) is 1. The summed E-state index contributed by atoms with van der Waals surface area (Å²) in [6, 6.07) is 6.10. The summed E-state index contributed by atoms with van der Waals surface area (Å²) in [6.45, 7) is 2.94. The number of aryl methyl sites for hydroxylation is 3. The molecule has 172 valence electrons. The number of aromatic nitrogens is 3. The molecule has 2 aromatic rings. The Labute approximate surface area is 182 Å². The SMILES string of the molecule is C=C1NC(=O)N(CCCCc2cnnn2CCc2cccc(OCC(F)(F)F)c2)C=C1F. The molecule has 0 spiro atoms. The topological polar surface area (TPSA) is 72.3 Å². The number of nitrogens with one attached hydrogen (secondary N) is 1. The van der Waals surface area contributed by atoms with E-state index in [4.69, 9.17) is 4.74 Å². The van der Waals surface area contributed by atoms with E-state index in [0.29, 0.717) is 32.4 Å². The van der Waals surface area contributed by atoms with Gasteiger partial charge in [0.15, 0.2) is 12.4 Å². The Morgan fingerprint density at radius 1 is 1.16 bits per heavy atom. The van der Waals surface area contributed by atoms with Crippen LogP contribution in [0.15, 0.2) is 54.8 Å². The molecular weight excluding hydrogens is 430 g/mol. The third kappa shape index (κ3) is 6.82. The molecule has 2 amide bonds. The Morgan fingerprint density at radius 3 is 2.75 bits per heavy atom. The third-order valence-electron chi connectivity index (χ3n) is 4.77. The van der Waals surface area contributed by atoms with Crippen molar-refractivity contribution in [2.24, 2.45) is 0 Å². The van der Waals surface area contributed by atoms with E-state index in [1.54, 1.807) is 23.0 Å². The second-order valence-electron chi connectivity index (χ2n) is 7.29. The molecule has 0 fully saturated rings. The van der Waals surface area contributed by atoms with Gasteiger partial charge in [0.1, 0.15) is 5.75 Å². The molecule has 0 saturated carbocycles. The number of unbranched alkanes of at least 4 members (excludes halogenated alkanes) is 1. The molecule has 0 unspecified atom stereocenters. The maximum Gasteiger partial charge on any atom is 0.422 e. The number of benzene rings is 1. The number of hydrogen-bond acceptors (Lipinski definition) is 4. The molecule has 1 aromatic carbocycles. The number of rotatable bonds is 10. The first kappa shape index (κ1) is 23.3. The van der Waals surface area contributed by atoms with E-state index in [1.165, 1.54) is 11.0 Å². The van der Waals surface area contributed by atoms with Crippen LogP contribution < -0.4 is 10.1 Å². The molecule has 0 atom stereocenters. The second-order valence-corrected chi connectivity index (χ2v) is 7.29. The number of urea groups is 1. The quantitative estimate of drug-likeness (QED) is 0.434. The molecule has 0 bridgehead atoms. The zero-order valence-corrected chi connectivity index (χ0v) is 17.2. The molecule has 1 aliphatic rings. The van der Waals surface area contributed by atoms with Crippen molar-refractivity contribution in [3.63, 3.8) is 0 Å². The lowest BCUT2D eigenvalue weighted by Gasteiger charge is -2.24. The zero-order valence-electron chi connectivity index (χ0n) is 17.2. The molecule has 2 heterocycles. The molecule has 1 aliphatic heterocycles. The summed E-state index contributed by atoms with van der Waals surface area (Å²) in [4.78, 5) is 13.1. The van der Waals surface area contributed by atoms with Gasteiger partial charge in [0, 0.05) is 19.3 Å². The molecule has 1 N–H and O–H groups in total. The Bertz CT molecular complexity index is 987. The highest BCUT2D eigenvalue weighted by molar-refractivity contribution is 5.79. The molecule has 3 rings (SSSR count). The van der Waals surface area contributed by atoms with Crippen LogP contribution in [0.4, 0.5) is 22.4 Å². The summed E-state index contributed by atoms with van der Waals surface area (Å²) in [5.74, 6) is -0.408. The van der Waals surface area contributed by atoms with Crippen molar-refractivity contribution in [3.05, 3.63) is 66.0 Å². The van der Waals surface area contributed by atoms with Crippen molar-refractivity contribution in [1.29, 1.82) is 0 Å². The standard InChI is InChI=1S/C21H23F4N5O2/c1-15-19(22)13-29(20(31)27-15)9-3-2-6-17-12-26-28-30(17)10-8-16-5-4-7-18(11-16)32-14-21(23,24)25/h4-5,7,11-13H,1-3,6,8-10,14H2,(H,27,31). The number of carbonyl (C=O) groups excluding carboxylic acids is 1. The van der Waals surface area contributed by atoms with Crippen molar-refractivity contribution in [3.8, 4) is 5.75 Å². The van der Waals surface area contributed by atoms with Crippen LogP contribution in [0.25, 0.3) is 0 Å². The summed E-state index contributed by atoms with van der Waals surface area (Å²) in [6.07, 6.45) is 0.987. The minimum atomic E-state index is -4.39. The van der Waals surface area contributed by atoms with Gasteiger partial charge in [0.25, 0.3) is 0 Å². The second kappa shape index (κ2) is 10.3. The van der Waals surface area contributed by atoms with Gasteiger partial charge in [-0.3, -0.25) is 4.90 Å². The number of ether oxygens (including phenoxy) is 1. The van der Waals surface area contributed by atoms with Gasteiger partial charge in [-0.25, -0.2) is 13.9 Å². The van der Waals surface area contributed by atoms with Crippen molar-refractivity contribution in [1.82, 2.24) is 25.2 Å². The average molecular weight is 453 g/mol. The first-order valence-electron chi connectivity index (χ1n) is 10.0. The van der Waals surface area contributed by atoms with Gasteiger partial charge < -0.3 is 10.1 Å². The number of allylic oxidation sites excluding steroid dienone is 1. The van der Waals surface area contributed by atoms with Crippen molar-refractivity contribution < 1.29 is 27.1 Å². The fourth-order valence-corrected chi connectivity index (χ4v) is 3.14. The highest BCUT2D eigenvalue weighted by Crippen LogP contribution is 2.20. The van der Waals surface area contributed by atoms with E-state index < -0.39 is 24.6 Å². The van der Waals surface area contributed by atoms with E-state index in [-0.39, 0.29) is 11.4 Å². The molecular formula is C21H23F4N5O2. The fourth-order valence-electron chi connectivity index (χ4n) is 3.14.